The van der Waals surface area contributed by atoms with Crippen LogP contribution in [0, 0.1) is 0 Å². The normalized spacial score (nSPS) is 8.05. The molecule has 12 nitrogen and oxygen atoms in total. The van der Waals surface area contributed by atoms with Crippen molar-refractivity contribution in [3.05, 3.63) is 0 Å². The molecule has 22 heavy (non-hydrogen) atoms. The second kappa shape index (κ2) is 29.1. The molecule has 140 valence electrons. The molecule has 0 spiro atoms. The molecule has 0 atom stereocenters. The van der Waals surface area contributed by atoms with E-state index in [0.717, 1.165) is 0 Å². The van der Waals surface area contributed by atoms with E-state index in [9.17, 15) is 0 Å². The summed E-state index contributed by atoms with van der Waals surface area (Å²) >= 11 is 0. The van der Waals surface area contributed by atoms with Crippen molar-refractivity contribution >= 4 is 23.5 Å². The Hall–Kier alpha value is 3.28. The standard InChI is InChI=1S/3ClH.4Fe.3H3O4P/c;;;;;;;3*1-5(2,3)4/h3*1H;;;;;3*(H3,1,2,3,4)/q;;;4*+3;;;/p-12. The van der Waals surface area contributed by atoms with Crippen molar-refractivity contribution in [2.45, 2.75) is 0 Å². The van der Waals surface area contributed by atoms with Gasteiger partial charge in [0.1, 0.15) is 0 Å². The van der Waals surface area contributed by atoms with Crippen molar-refractivity contribution < 1.29 is 163 Å². The average Bonchev–Trinajstić information content (AvgIpc) is 1.41. The van der Waals surface area contributed by atoms with Crippen molar-refractivity contribution in [3.8, 4) is 0 Å². The van der Waals surface area contributed by atoms with E-state index in [2.05, 4.69) is 0 Å². The zero-order chi connectivity index (χ0) is 13.5. The molecule has 4 radical (unpaired) electrons. The molecule has 0 fully saturated rings. The van der Waals surface area contributed by atoms with E-state index in [0.29, 0.717) is 0 Å². The Labute approximate surface area is 185 Å². The molecule has 22 heteroatoms. The molecule has 0 unspecified atom stereocenters. The maximum Gasteiger partial charge on any atom is 3.00 e. The Morgan fingerprint density at radius 2 is 0.364 bits per heavy atom. The Morgan fingerprint density at radius 3 is 0.364 bits per heavy atom. The van der Waals surface area contributed by atoms with Gasteiger partial charge in [0.25, 0.3) is 0 Å². The van der Waals surface area contributed by atoms with Crippen LogP contribution in [0.2, 0.25) is 0 Å². The Morgan fingerprint density at radius 1 is 0.364 bits per heavy atom. The fourth-order valence-electron chi connectivity index (χ4n) is 0. The molecule has 0 bridgehead atoms. The van der Waals surface area contributed by atoms with Crippen LogP contribution in [0.25, 0.3) is 0 Å². The van der Waals surface area contributed by atoms with Crippen LogP contribution in [0.1, 0.15) is 0 Å². The Bertz CT molecular complexity index is 224. The van der Waals surface area contributed by atoms with Gasteiger partial charge in [0.2, 0.25) is 0 Å². The summed E-state index contributed by atoms with van der Waals surface area (Å²) in [7, 11) is -16.2. The maximum absolute atomic E-state index is 8.55. The number of hydrogen-bond donors (Lipinski definition) is 0. The smallest absolute Gasteiger partial charge is 1.00 e. The van der Waals surface area contributed by atoms with Crippen LogP contribution in [0.3, 0.4) is 0 Å². The van der Waals surface area contributed by atoms with Gasteiger partial charge in [-0.25, -0.2) is 0 Å². The molecule has 0 aromatic heterocycles. The molecule has 0 aliphatic carbocycles. The monoisotopic (exact) mass is 614 g/mol. The number of halogens is 3. The first-order valence-corrected chi connectivity index (χ1v) is 6.57. The summed E-state index contributed by atoms with van der Waals surface area (Å²) in [4.78, 5) is 76.9. The van der Waals surface area contributed by atoms with Gasteiger partial charge in [-0.15, -0.1) is 0 Å². The number of phosphoric acid groups is 3. The minimum absolute atomic E-state index is 0. The average molecular weight is 615 g/mol. The summed E-state index contributed by atoms with van der Waals surface area (Å²) in [5, 5.41) is 0. The van der Waals surface area contributed by atoms with Gasteiger partial charge < -0.3 is 95.0 Å². The fourth-order valence-corrected chi connectivity index (χ4v) is 0. The van der Waals surface area contributed by atoms with Crippen molar-refractivity contribution in [1.29, 1.82) is 0 Å². The molecule has 0 aliphatic heterocycles. The number of hydrogen-bond acceptors (Lipinski definition) is 12. The molecular formula is Cl3Fe4O12P3. The van der Waals surface area contributed by atoms with Crippen LogP contribution < -0.4 is 81.3 Å². The van der Waals surface area contributed by atoms with Crippen molar-refractivity contribution in [2.24, 2.45) is 0 Å². The van der Waals surface area contributed by atoms with Gasteiger partial charge in [-0.1, -0.05) is 0 Å². The first-order chi connectivity index (χ1) is 6.00. The zero-order valence-electron chi connectivity index (χ0n) is 8.79. The van der Waals surface area contributed by atoms with Crippen LogP contribution in [0.15, 0.2) is 0 Å². The Kier molecular flexibility index (Phi) is 84.3. The second-order valence-electron chi connectivity index (χ2n) is 1.34. The summed E-state index contributed by atoms with van der Waals surface area (Å²) in [6.07, 6.45) is 0. The van der Waals surface area contributed by atoms with E-state index in [1.807, 2.05) is 0 Å². The predicted molar refractivity (Wildman–Crippen MR) is 22.8 cm³/mol. The predicted octanol–water partition coefficient (Wildman–Crippen LogP) is -17.5. The third-order valence-electron chi connectivity index (χ3n) is 0. The maximum atomic E-state index is 8.55. The minimum Gasteiger partial charge on any atom is -1.00 e. The van der Waals surface area contributed by atoms with E-state index in [1.165, 1.54) is 0 Å². The summed E-state index contributed by atoms with van der Waals surface area (Å²) < 4.78 is 25.6. The largest absolute Gasteiger partial charge is 3.00 e. The third-order valence-corrected chi connectivity index (χ3v) is 0. The van der Waals surface area contributed by atoms with Crippen LogP contribution in [-0.4, -0.2) is 0 Å². The van der Waals surface area contributed by atoms with Gasteiger partial charge >= 0.3 is 68.3 Å². The summed E-state index contributed by atoms with van der Waals surface area (Å²) in [5.74, 6) is 0. The topological polar surface area (TPSA) is 259 Å². The van der Waals surface area contributed by atoms with Crippen LogP contribution in [0.5, 0.6) is 0 Å². The molecule has 0 aliphatic rings. The molecule has 0 saturated heterocycles. The fraction of sp³-hybridized carbons (Fsp3) is 0. The van der Waals surface area contributed by atoms with Crippen molar-refractivity contribution in [1.82, 2.24) is 0 Å². The summed E-state index contributed by atoms with van der Waals surface area (Å²) in [5.41, 5.74) is 0. The van der Waals surface area contributed by atoms with E-state index in [-0.39, 0.29) is 105 Å². The van der Waals surface area contributed by atoms with Crippen molar-refractivity contribution in [3.63, 3.8) is 0 Å². The van der Waals surface area contributed by atoms with Gasteiger partial charge in [-0.2, -0.15) is 23.5 Å². The minimum atomic E-state index is -5.39. The van der Waals surface area contributed by atoms with Crippen molar-refractivity contribution in [2.75, 3.05) is 0 Å². The third kappa shape index (κ3) is 1080. The molecule has 0 aromatic rings. The van der Waals surface area contributed by atoms with Crippen LogP contribution in [-0.2, 0) is 82.0 Å². The molecule has 0 amide bonds. The number of rotatable bonds is 0. The van der Waals surface area contributed by atoms with E-state index in [1.54, 1.807) is 0 Å². The van der Waals surface area contributed by atoms with Crippen LogP contribution in [0.4, 0.5) is 0 Å². The summed E-state index contributed by atoms with van der Waals surface area (Å²) in [6.45, 7) is 0. The second-order valence-corrected chi connectivity index (χ2v) is 4.02. The molecule has 0 rings (SSSR count). The van der Waals surface area contributed by atoms with E-state index in [4.69, 9.17) is 57.7 Å². The molecule has 0 saturated carbocycles. The van der Waals surface area contributed by atoms with E-state index >= 15 is 0 Å². The van der Waals surface area contributed by atoms with E-state index < -0.39 is 23.5 Å². The van der Waals surface area contributed by atoms with Gasteiger partial charge in [0.05, 0.1) is 0 Å². The molecule has 0 aromatic carbocycles. The molecular weight excluding hydrogens is 615 g/mol. The first-order valence-electron chi connectivity index (χ1n) is 2.19. The Balaban J connectivity index is -0.0000000106. The SMILES string of the molecule is O=P([O-])([O-])[O-].O=P([O-])([O-])[O-].O=P([O-])([O-])[O-].[Cl-].[Cl-].[Cl-].[Fe+3].[Fe+3].[Fe+3].[Fe+3]. The van der Waals surface area contributed by atoms with Gasteiger partial charge in [-0.3, -0.25) is 0 Å². The zero-order valence-corrected chi connectivity index (χ0v) is 18.2. The van der Waals surface area contributed by atoms with Gasteiger partial charge in [0, 0.05) is 0 Å². The quantitative estimate of drug-likeness (QED) is 0.182. The first kappa shape index (κ1) is 63.8. The molecule has 0 heterocycles. The summed E-state index contributed by atoms with van der Waals surface area (Å²) in [6, 6.07) is 0. The van der Waals surface area contributed by atoms with Gasteiger partial charge in [-0.05, 0) is 0 Å². The molecule has 0 N–H and O–H groups in total. The van der Waals surface area contributed by atoms with Crippen LogP contribution >= 0.6 is 23.5 Å². The van der Waals surface area contributed by atoms with Gasteiger partial charge in [0.15, 0.2) is 0 Å².